The molecule has 4 nitrogen and oxygen atoms in total. The molecule has 1 N–H and O–H groups in total. The molecule has 0 radical (unpaired) electrons. The number of rotatable bonds is 5. The Morgan fingerprint density at radius 3 is 2.55 bits per heavy atom. The number of hydrogen-bond donors (Lipinski definition) is 1. The highest BCUT2D eigenvalue weighted by Gasteiger charge is 2.25. The lowest BCUT2D eigenvalue weighted by molar-refractivity contribution is 0.0797. The van der Waals surface area contributed by atoms with E-state index in [0.29, 0.717) is 6.54 Å². The average Bonchev–Trinajstić information content (AvgIpc) is 3.38. The first-order valence-electron chi connectivity index (χ1n) is 10.6. The van der Waals surface area contributed by atoms with E-state index in [1.165, 1.54) is 11.3 Å². The Bertz CT molecular complexity index is 868. The van der Waals surface area contributed by atoms with Crippen molar-refractivity contribution in [3.63, 3.8) is 0 Å². The van der Waals surface area contributed by atoms with Crippen molar-refractivity contribution in [1.82, 2.24) is 9.80 Å². The topological polar surface area (TPSA) is 43.8 Å². The van der Waals surface area contributed by atoms with Crippen molar-refractivity contribution in [1.29, 1.82) is 0 Å². The van der Waals surface area contributed by atoms with Crippen LogP contribution in [0.4, 0.5) is 4.39 Å². The van der Waals surface area contributed by atoms with E-state index >= 15 is 0 Å². The molecule has 2 saturated heterocycles. The largest absolute Gasteiger partial charge is 0.395 e. The third-order valence-electron chi connectivity index (χ3n) is 6.23. The Morgan fingerprint density at radius 2 is 1.90 bits per heavy atom. The number of likely N-dealkylation sites (tertiary alicyclic amines) is 2. The summed E-state index contributed by atoms with van der Waals surface area (Å²) in [5, 5.41) is 9.08. The van der Waals surface area contributed by atoms with Crippen LogP contribution in [0.3, 0.4) is 0 Å². The number of amides is 1. The maximum atomic E-state index is 15.0. The molecule has 4 rings (SSSR count). The molecule has 2 aliphatic heterocycles. The second-order valence-corrected chi connectivity index (χ2v) is 9.25. The maximum Gasteiger partial charge on any atom is 0.264 e. The second-order valence-electron chi connectivity index (χ2n) is 8.20. The minimum absolute atomic E-state index is 0.114. The van der Waals surface area contributed by atoms with Gasteiger partial charge in [0.15, 0.2) is 0 Å². The van der Waals surface area contributed by atoms with Gasteiger partial charge in [0.25, 0.3) is 5.91 Å². The molecule has 1 aromatic heterocycles. The van der Waals surface area contributed by atoms with E-state index in [2.05, 4.69) is 4.90 Å². The van der Waals surface area contributed by atoms with E-state index in [1.54, 1.807) is 6.07 Å². The van der Waals surface area contributed by atoms with Gasteiger partial charge in [0.05, 0.1) is 11.5 Å². The summed E-state index contributed by atoms with van der Waals surface area (Å²) >= 11 is 1.48. The average molecular weight is 417 g/mol. The highest BCUT2D eigenvalue weighted by Crippen LogP contribution is 2.36. The van der Waals surface area contributed by atoms with Crippen molar-refractivity contribution >= 4 is 17.2 Å². The van der Waals surface area contributed by atoms with E-state index in [1.807, 2.05) is 30.0 Å². The Labute approximate surface area is 176 Å². The van der Waals surface area contributed by atoms with Crippen LogP contribution in [0.25, 0.3) is 10.4 Å². The van der Waals surface area contributed by atoms with Crippen molar-refractivity contribution in [3.8, 4) is 10.4 Å². The van der Waals surface area contributed by atoms with Gasteiger partial charge in [0.2, 0.25) is 0 Å². The van der Waals surface area contributed by atoms with Crippen LogP contribution in [0.5, 0.6) is 0 Å². The first-order valence-corrected chi connectivity index (χ1v) is 11.4. The second kappa shape index (κ2) is 8.94. The van der Waals surface area contributed by atoms with Gasteiger partial charge in [-0.05, 0) is 80.4 Å². The zero-order valence-corrected chi connectivity index (χ0v) is 17.8. The molecule has 2 aliphatic rings. The fourth-order valence-corrected chi connectivity index (χ4v) is 5.66. The van der Waals surface area contributed by atoms with Crippen LogP contribution in [-0.2, 0) is 0 Å². The number of piperidine rings is 1. The van der Waals surface area contributed by atoms with Crippen molar-refractivity contribution < 1.29 is 14.3 Å². The predicted octanol–water partition coefficient (Wildman–Crippen LogP) is 4.27. The first-order chi connectivity index (χ1) is 14.1. The lowest BCUT2D eigenvalue weighted by Crippen LogP contribution is -2.35. The Morgan fingerprint density at radius 1 is 1.17 bits per heavy atom. The predicted molar refractivity (Wildman–Crippen MR) is 115 cm³/mol. The highest BCUT2D eigenvalue weighted by atomic mass is 32.1. The molecular formula is C23H29FN2O2S. The Kier molecular flexibility index (Phi) is 6.32. The molecule has 0 unspecified atom stereocenters. The molecule has 2 aromatic rings. The number of aliphatic hydroxyl groups is 1. The van der Waals surface area contributed by atoms with Gasteiger partial charge < -0.3 is 14.9 Å². The summed E-state index contributed by atoms with van der Waals surface area (Å²) in [6.45, 7) is 6.32. The van der Waals surface area contributed by atoms with Crippen molar-refractivity contribution in [2.75, 3.05) is 39.3 Å². The van der Waals surface area contributed by atoms with Gasteiger partial charge in [-0.1, -0.05) is 12.1 Å². The first kappa shape index (κ1) is 20.5. The molecule has 2 fully saturated rings. The number of benzene rings is 1. The van der Waals surface area contributed by atoms with E-state index in [9.17, 15) is 9.18 Å². The molecule has 29 heavy (non-hydrogen) atoms. The van der Waals surface area contributed by atoms with Gasteiger partial charge >= 0.3 is 0 Å². The summed E-state index contributed by atoms with van der Waals surface area (Å²) in [6, 6.07) is 7.56. The molecule has 0 saturated carbocycles. The molecule has 3 heterocycles. The molecular weight excluding hydrogens is 387 g/mol. The van der Waals surface area contributed by atoms with Gasteiger partial charge in [-0.2, -0.15) is 0 Å². The Balaban J connectivity index is 1.50. The summed E-state index contributed by atoms with van der Waals surface area (Å²) in [4.78, 5) is 18.6. The fourth-order valence-electron chi connectivity index (χ4n) is 4.52. The summed E-state index contributed by atoms with van der Waals surface area (Å²) < 4.78 is 15.0. The molecule has 1 amide bonds. The van der Waals surface area contributed by atoms with E-state index in [4.69, 9.17) is 5.11 Å². The standard InChI is InChI=1S/C23H29FN2O2S/c1-16-14-21(29-22(16)23(28)26-8-2-3-9-26)18-4-5-19(20(24)15-18)17-6-10-25(11-7-17)12-13-27/h4-5,14-15,17,27H,2-3,6-13H2,1H3. The fraction of sp³-hybridized carbons (Fsp3) is 0.522. The van der Waals surface area contributed by atoms with Crippen LogP contribution in [0.1, 0.15) is 52.4 Å². The van der Waals surface area contributed by atoms with Gasteiger partial charge in [-0.15, -0.1) is 11.3 Å². The zero-order chi connectivity index (χ0) is 20.4. The molecule has 0 aliphatic carbocycles. The third-order valence-corrected chi connectivity index (χ3v) is 7.51. The maximum absolute atomic E-state index is 15.0. The molecule has 1 aromatic carbocycles. The number of nitrogens with zero attached hydrogens (tertiary/aromatic N) is 2. The lowest BCUT2D eigenvalue weighted by Gasteiger charge is -2.31. The number of carbonyl (C=O) groups excluding carboxylic acids is 1. The number of thiophene rings is 1. The van der Waals surface area contributed by atoms with Gasteiger partial charge in [0.1, 0.15) is 5.82 Å². The highest BCUT2D eigenvalue weighted by molar-refractivity contribution is 7.17. The number of halogens is 1. The zero-order valence-electron chi connectivity index (χ0n) is 17.0. The van der Waals surface area contributed by atoms with E-state index < -0.39 is 0 Å². The molecule has 0 spiro atoms. The third kappa shape index (κ3) is 4.39. The summed E-state index contributed by atoms with van der Waals surface area (Å²) in [6.07, 6.45) is 4.00. The van der Waals surface area contributed by atoms with Crippen molar-refractivity contribution in [3.05, 3.63) is 46.1 Å². The number of aryl methyl sites for hydroxylation is 1. The number of aliphatic hydroxyl groups excluding tert-OH is 1. The molecule has 0 bridgehead atoms. The summed E-state index contributed by atoms with van der Waals surface area (Å²) in [5.74, 6) is 0.195. The van der Waals surface area contributed by atoms with Gasteiger partial charge in [-0.25, -0.2) is 4.39 Å². The van der Waals surface area contributed by atoms with Crippen LogP contribution in [-0.4, -0.2) is 60.1 Å². The summed E-state index contributed by atoms with van der Waals surface area (Å²) in [5.41, 5.74) is 2.61. The number of hydrogen-bond acceptors (Lipinski definition) is 4. The normalized spacial score (nSPS) is 18.5. The molecule has 0 atom stereocenters. The molecule has 6 heteroatoms. The van der Waals surface area contributed by atoms with Crippen LogP contribution >= 0.6 is 11.3 Å². The minimum atomic E-state index is -0.151. The van der Waals surface area contributed by atoms with Crippen molar-refractivity contribution in [2.24, 2.45) is 0 Å². The smallest absolute Gasteiger partial charge is 0.264 e. The van der Waals surface area contributed by atoms with Crippen LogP contribution in [0, 0.1) is 12.7 Å². The quantitative estimate of drug-likeness (QED) is 0.792. The van der Waals surface area contributed by atoms with Gasteiger partial charge in [0, 0.05) is 24.5 Å². The SMILES string of the molecule is Cc1cc(-c2ccc(C3CCN(CCO)CC3)c(F)c2)sc1C(=O)N1CCCC1. The van der Waals surface area contributed by atoms with Crippen molar-refractivity contribution in [2.45, 2.75) is 38.5 Å². The minimum Gasteiger partial charge on any atom is -0.395 e. The summed E-state index contributed by atoms with van der Waals surface area (Å²) in [7, 11) is 0. The van der Waals surface area contributed by atoms with Crippen LogP contribution in [0.15, 0.2) is 24.3 Å². The van der Waals surface area contributed by atoms with E-state index in [0.717, 1.165) is 78.3 Å². The lowest BCUT2D eigenvalue weighted by atomic mass is 9.88. The Hall–Kier alpha value is -1.76. The monoisotopic (exact) mass is 416 g/mol. The van der Waals surface area contributed by atoms with E-state index in [-0.39, 0.29) is 24.2 Å². The van der Waals surface area contributed by atoms with Gasteiger partial charge in [-0.3, -0.25) is 4.79 Å². The van der Waals surface area contributed by atoms with Crippen LogP contribution < -0.4 is 0 Å². The molecule has 156 valence electrons. The van der Waals surface area contributed by atoms with Crippen LogP contribution in [0.2, 0.25) is 0 Å². The number of β-amino-alcohol motifs (C(OH)–C–C–N with tert-alkyl or cyclic N) is 1. The number of carbonyl (C=O) groups is 1.